The highest BCUT2D eigenvalue weighted by Gasteiger charge is 2.38. The lowest BCUT2D eigenvalue weighted by Crippen LogP contribution is -2.47. The summed E-state index contributed by atoms with van der Waals surface area (Å²) in [7, 11) is 13.7. The Morgan fingerprint density at radius 3 is 2.70 bits per heavy atom. The quantitative estimate of drug-likeness (QED) is 0.213. The van der Waals surface area contributed by atoms with Gasteiger partial charge in [-0.2, -0.15) is 14.4 Å². The van der Waals surface area contributed by atoms with Gasteiger partial charge < -0.3 is 33.3 Å². The van der Waals surface area contributed by atoms with Crippen LogP contribution in [0.3, 0.4) is 0 Å². The molecule has 0 aliphatic carbocycles. The van der Waals surface area contributed by atoms with Crippen molar-refractivity contribution >= 4 is 38.8 Å². The molecule has 0 bridgehead atoms. The molecule has 15 heteroatoms. The van der Waals surface area contributed by atoms with Gasteiger partial charge in [-0.15, -0.1) is 6.42 Å². The predicted octanol–water partition coefficient (Wildman–Crippen LogP) is 0.111. The number of ether oxygens (including phenoxy) is 3. The van der Waals surface area contributed by atoms with Crippen LogP contribution in [0.2, 0.25) is 0 Å². The molecule has 0 fully saturated rings. The van der Waals surface area contributed by atoms with Crippen LogP contribution in [0.4, 0.5) is 15.0 Å². The standard InChI is InChI=1S/C18H16B2FN5O7/c1-4-17(29-3,7-31-15(27)30-5-10-9(2)32-16(28)33-10)6-18(19,20)26-8-23-11-12(22)24-14(21)25-13(11)26/h1,8H,5-7H2,2-3H3,(H2,22,24,25). The van der Waals surface area contributed by atoms with Crippen molar-refractivity contribution in [3.05, 3.63) is 34.5 Å². The summed E-state index contributed by atoms with van der Waals surface area (Å²) in [6.07, 6.45) is 4.19. The molecule has 1 atom stereocenters. The fraction of sp³-hybridized carbons (Fsp3) is 0.389. The van der Waals surface area contributed by atoms with Gasteiger partial charge in [0.2, 0.25) is 0 Å². The summed E-state index contributed by atoms with van der Waals surface area (Å²) in [6.45, 7) is 0.509. The van der Waals surface area contributed by atoms with Gasteiger partial charge in [0.15, 0.2) is 35.2 Å². The summed E-state index contributed by atoms with van der Waals surface area (Å²) < 4.78 is 39.4. The van der Waals surface area contributed by atoms with Crippen LogP contribution in [0.5, 0.6) is 0 Å². The van der Waals surface area contributed by atoms with Crippen molar-refractivity contribution in [2.24, 2.45) is 0 Å². The maximum atomic E-state index is 13.7. The van der Waals surface area contributed by atoms with E-state index in [2.05, 4.69) is 25.3 Å². The normalized spacial score (nSPS) is 13.4. The van der Waals surface area contributed by atoms with Crippen LogP contribution >= 0.6 is 0 Å². The molecule has 0 spiro atoms. The molecule has 168 valence electrons. The van der Waals surface area contributed by atoms with Crippen molar-refractivity contribution < 1.29 is 32.2 Å². The van der Waals surface area contributed by atoms with Gasteiger partial charge in [-0.05, 0) is 18.7 Å². The highest BCUT2D eigenvalue weighted by molar-refractivity contribution is 6.38. The first-order valence-corrected chi connectivity index (χ1v) is 9.16. The highest BCUT2D eigenvalue weighted by atomic mass is 19.1. The number of hydrogen-bond donors (Lipinski definition) is 1. The minimum Gasteiger partial charge on any atom is -0.430 e. The van der Waals surface area contributed by atoms with Crippen molar-refractivity contribution in [1.82, 2.24) is 19.5 Å². The van der Waals surface area contributed by atoms with E-state index in [1.807, 2.05) is 0 Å². The third-order valence-corrected chi connectivity index (χ3v) is 4.65. The number of nitrogens with two attached hydrogens (primary N) is 1. The SMILES string of the molecule is [B]C([B])(CC(C#C)(COC(=O)OCc1oc(=O)oc1C)OC)n1cnc2c(N)nc(F)nc21. The number of hydrogen-bond acceptors (Lipinski definition) is 11. The number of terminal acetylenes is 1. The molecule has 12 nitrogen and oxygen atoms in total. The van der Waals surface area contributed by atoms with Gasteiger partial charge in [-0.1, -0.05) is 5.92 Å². The van der Waals surface area contributed by atoms with Gasteiger partial charge in [0, 0.05) is 7.11 Å². The van der Waals surface area contributed by atoms with Crippen LogP contribution in [0.1, 0.15) is 17.9 Å². The molecular formula is C18H16B2FN5O7. The van der Waals surface area contributed by atoms with E-state index in [1.165, 1.54) is 20.4 Å². The first kappa shape index (κ1) is 23.9. The van der Waals surface area contributed by atoms with E-state index in [0.29, 0.717) is 0 Å². The van der Waals surface area contributed by atoms with Gasteiger partial charge in [-0.3, -0.25) is 0 Å². The summed E-state index contributed by atoms with van der Waals surface area (Å²) in [5, 5.41) is -1.84. The van der Waals surface area contributed by atoms with Crippen LogP contribution in [-0.4, -0.2) is 60.7 Å². The number of fused-ring (bicyclic) bond motifs is 1. The minimum atomic E-state index is -1.84. The van der Waals surface area contributed by atoms with E-state index >= 15 is 0 Å². The lowest BCUT2D eigenvalue weighted by atomic mass is 9.57. The first-order chi connectivity index (χ1) is 15.5. The maximum Gasteiger partial charge on any atom is 0.519 e. The summed E-state index contributed by atoms with van der Waals surface area (Å²) >= 11 is 0. The number of carbonyl (C=O) groups is 1. The number of nitrogen functional groups attached to an aromatic ring is 1. The van der Waals surface area contributed by atoms with Gasteiger partial charge >= 0.3 is 18.1 Å². The number of rotatable bonds is 8. The Morgan fingerprint density at radius 2 is 2.09 bits per heavy atom. The molecule has 1 unspecified atom stereocenters. The summed E-state index contributed by atoms with van der Waals surface area (Å²) in [5.74, 6) is 1.35. The van der Waals surface area contributed by atoms with E-state index in [0.717, 1.165) is 4.57 Å². The molecule has 0 amide bonds. The first-order valence-electron chi connectivity index (χ1n) is 9.16. The number of aromatic nitrogens is 4. The molecule has 4 radical (unpaired) electrons. The number of anilines is 1. The molecule has 3 aromatic rings. The Kier molecular flexibility index (Phi) is 6.50. The van der Waals surface area contributed by atoms with E-state index in [-0.39, 0.29) is 34.9 Å². The lowest BCUT2D eigenvalue weighted by Gasteiger charge is -2.37. The lowest BCUT2D eigenvalue weighted by molar-refractivity contribution is -0.0445. The molecule has 33 heavy (non-hydrogen) atoms. The van der Waals surface area contributed by atoms with Gasteiger partial charge in [0.1, 0.15) is 12.1 Å². The van der Waals surface area contributed by atoms with Gasteiger partial charge in [0.25, 0.3) is 0 Å². The highest BCUT2D eigenvalue weighted by Crippen LogP contribution is 2.29. The fourth-order valence-electron chi connectivity index (χ4n) is 2.92. The molecule has 0 saturated carbocycles. The monoisotopic (exact) mass is 455 g/mol. The van der Waals surface area contributed by atoms with E-state index in [4.69, 9.17) is 46.5 Å². The third kappa shape index (κ3) is 5.01. The molecule has 0 aliphatic heterocycles. The predicted molar refractivity (Wildman–Crippen MR) is 110 cm³/mol. The fourth-order valence-corrected chi connectivity index (χ4v) is 2.92. The smallest absolute Gasteiger partial charge is 0.430 e. The Balaban J connectivity index is 1.73. The molecule has 2 N–H and O–H groups in total. The van der Waals surface area contributed by atoms with Crippen LogP contribution in [0, 0.1) is 25.3 Å². The summed E-state index contributed by atoms with van der Waals surface area (Å²) in [5.41, 5.74) is 4.01. The zero-order chi connectivity index (χ0) is 24.4. The molecule has 0 aliphatic rings. The zero-order valence-corrected chi connectivity index (χ0v) is 17.5. The average Bonchev–Trinajstić information content (AvgIpc) is 3.32. The summed E-state index contributed by atoms with van der Waals surface area (Å²) in [6, 6.07) is 0. The molecule has 0 aromatic carbocycles. The summed E-state index contributed by atoms with van der Waals surface area (Å²) in [4.78, 5) is 34.0. The van der Waals surface area contributed by atoms with Crippen LogP contribution in [-0.2, 0) is 26.2 Å². The number of carbonyl (C=O) groups excluding carboxylic acids is 1. The maximum absolute atomic E-state index is 13.7. The molecule has 0 saturated heterocycles. The number of halogens is 1. The Bertz CT molecular complexity index is 1280. The number of imidazole rings is 1. The number of nitrogens with zero attached hydrogens (tertiary/aromatic N) is 4. The van der Waals surface area contributed by atoms with Crippen LogP contribution in [0.15, 0.2) is 20.0 Å². The van der Waals surface area contributed by atoms with E-state index in [1.54, 1.807) is 0 Å². The van der Waals surface area contributed by atoms with Crippen molar-refractivity contribution in [2.45, 2.75) is 30.9 Å². The Morgan fingerprint density at radius 1 is 1.36 bits per heavy atom. The van der Waals surface area contributed by atoms with Crippen LogP contribution in [0.25, 0.3) is 11.2 Å². The van der Waals surface area contributed by atoms with Crippen molar-refractivity contribution in [1.29, 1.82) is 0 Å². The molecule has 3 rings (SSSR count). The molecule has 3 aromatic heterocycles. The largest absolute Gasteiger partial charge is 0.519 e. The third-order valence-electron chi connectivity index (χ3n) is 4.65. The van der Waals surface area contributed by atoms with E-state index < -0.39 is 42.2 Å². The Labute approximate surface area is 188 Å². The molecule has 3 heterocycles. The second kappa shape index (κ2) is 8.99. The Hall–Kier alpha value is -3.79. The topological polar surface area (TPSA) is 158 Å². The van der Waals surface area contributed by atoms with Gasteiger partial charge in [-0.25, -0.2) is 14.6 Å². The second-order valence-electron chi connectivity index (χ2n) is 6.94. The van der Waals surface area contributed by atoms with Gasteiger partial charge in [0.05, 0.1) is 22.0 Å². The average molecular weight is 455 g/mol. The van der Waals surface area contributed by atoms with Crippen molar-refractivity contribution in [3.8, 4) is 12.3 Å². The van der Waals surface area contributed by atoms with Crippen molar-refractivity contribution in [3.63, 3.8) is 0 Å². The number of methoxy groups -OCH3 is 1. The minimum absolute atomic E-state index is 0.00955. The zero-order valence-electron chi connectivity index (χ0n) is 17.5. The number of aryl methyl sites for hydroxylation is 1. The second-order valence-corrected chi connectivity index (χ2v) is 6.94. The van der Waals surface area contributed by atoms with E-state index in [9.17, 15) is 14.0 Å². The van der Waals surface area contributed by atoms with Crippen molar-refractivity contribution in [2.75, 3.05) is 19.5 Å². The van der Waals surface area contributed by atoms with Crippen LogP contribution < -0.4 is 11.6 Å². The molecular weight excluding hydrogens is 439 g/mol.